The molecule has 1 aliphatic heterocycles. The van der Waals surface area contributed by atoms with E-state index in [2.05, 4.69) is 46.8 Å². The van der Waals surface area contributed by atoms with Crippen molar-refractivity contribution in [2.45, 2.75) is 51.0 Å². The molecular weight excluding hydrogens is 324 g/mol. The minimum atomic E-state index is -0.452. The number of hydrogen-bond donors (Lipinski definition) is 2. The Balaban J connectivity index is 1.46. The lowest BCUT2D eigenvalue weighted by molar-refractivity contribution is -0.0177. The predicted octanol–water partition coefficient (Wildman–Crippen LogP) is 3.90. The topological polar surface area (TPSA) is 44.7 Å². The maximum Gasteiger partial charge on any atom is 0.102 e. The fraction of sp³-hybridized carbons (Fsp3) is 0.545. The normalized spacial score (nSPS) is 21.9. The third kappa shape index (κ3) is 6.27. The average Bonchev–Trinajstić information content (AvgIpc) is 2.93. The SMILES string of the molecule is O[C@H](CONC1=CCCCC1=Cc1ccccc1)CN1CCCCCC1. The molecule has 0 unspecified atom stereocenters. The molecule has 1 aliphatic carbocycles. The van der Waals surface area contributed by atoms with Crippen LogP contribution in [-0.4, -0.2) is 42.4 Å². The lowest BCUT2D eigenvalue weighted by Gasteiger charge is -2.24. The third-order valence-electron chi connectivity index (χ3n) is 5.11. The first-order chi connectivity index (χ1) is 12.8. The van der Waals surface area contributed by atoms with Crippen LogP contribution in [0.15, 0.2) is 47.7 Å². The van der Waals surface area contributed by atoms with E-state index in [-0.39, 0.29) is 0 Å². The van der Waals surface area contributed by atoms with Gasteiger partial charge in [-0.15, -0.1) is 0 Å². The van der Waals surface area contributed by atoms with Gasteiger partial charge in [0.15, 0.2) is 0 Å². The van der Waals surface area contributed by atoms with Crippen LogP contribution in [-0.2, 0) is 4.84 Å². The molecule has 4 heteroatoms. The summed E-state index contributed by atoms with van der Waals surface area (Å²) in [5.74, 6) is 0. The first kappa shape index (κ1) is 19.2. The second-order valence-electron chi connectivity index (χ2n) is 7.37. The minimum absolute atomic E-state index is 0.312. The number of hydrogen-bond acceptors (Lipinski definition) is 4. The molecule has 142 valence electrons. The largest absolute Gasteiger partial charge is 0.389 e. The molecule has 4 nitrogen and oxygen atoms in total. The second-order valence-corrected chi connectivity index (χ2v) is 7.37. The van der Waals surface area contributed by atoms with Crippen LogP contribution in [0.4, 0.5) is 0 Å². The Morgan fingerprint density at radius 2 is 1.85 bits per heavy atom. The Kier molecular flexibility index (Phi) is 7.74. The molecule has 0 bridgehead atoms. The highest BCUT2D eigenvalue weighted by Gasteiger charge is 2.15. The van der Waals surface area contributed by atoms with E-state index in [0.717, 1.165) is 31.6 Å². The van der Waals surface area contributed by atoms with Gasteiger partial charge in [-0.25, -0.2) is 0 Å². The lowest BCUT2D eigenvalue weighted by atomic mass is 9.97. The van der Waals surface area contributed by atoms with E-state index in [1.807, 2.05) is 6.07 Å². The number of nitrogens with one attached hydrogen (secondary N) is 1. The molecule has 3 rings (SSSR count). The van der Waals surface area contributed by atoms with Crippen molar-refractivity contribution in [2.75, 3.05) is 26.2 Å². The number of allylic oxidation sites excluding steroid dienone is 2. The molecule has 0 saturated carbocycles. The van der Waals surface area contributed by atoms with Gasteiger partial charge >= 0.3 is 0 Å². The summed E-state index contributed by atoms with van der Waals surface area (Å²) in [4.78, 5) is 8.00. The summed E-state index contributed by atoms with van der Waals surface area (Å²) in [6.45, 7) is 3.21. The molecule has 1 aromatic carbocycles. The fourth-order valence-electron chi connectivity index (χ4n) is 3.70. The fourth-order valence-corrected chi connectivity index (χ4v) is 3.70. The molecule has 1 atom stereocenters. The standard InChI is InChI=1S/C22H32N2O2/c25-21(17-24-14-8-1-2-9-15-24)18-26-23-22-13-7-6-12-20(22)16-19-10-4-3-5-11-19/h3-5,10-11,13,16,21,23,25H,1-2,6-9,12,14-15,17-18H2/t21-/m0/s1. The third-order valence-corrected chi connectivity index (χ3v) is 5.11. The second kappa shape index (κ2) is 10.5. The molecular formula is C22H32N2O2. The molecule has 2 N–H and O–H groups in total. The number of nitrogens with zero attached hydrogens (tertiary/aromatic N) is 1. The van der Waals surface area contributed by atoms with Crippen molar-refractivity contribution in [3.8, 4) is 0 Å². The molecule has 1 heterocycles. The van der Waals surface area contributed by atoms with Crippen LogP contribution in [0.3, 0.4) is 0 Å². The lowest BCUT2D eigenvalue weighted by Crippen LogP contribution is -2.36. The van der Waals surface area contributed by atoms with Gasteiger partial charge in [-0.2, -0.15) is 0 Å². The van der Waals surface area contributed by atoms with Crippen LogP contribution >= 0.6 is 0 Å². The van der Waals surface area contributed by atoms with Crippen LogP contribution in [0.25, 0.3) is 6.08 Å². The predicted molar refractivity (Wildman–Crippen MR) is 106 cm³/mol. The summed E-state index contributed by atoms with van der Waals surface area (Å²) >= 11 is 0. The van der Waals surface area contributed by atoms with E-state index in [1.54, 1.807) is 0 Å². The van der Waals surface area contributed by atoms with E-state index in [9.17, 15) is 5.11 Å². The van der Waals surface area contributed by atoms with Crippen LogP contribution < -0.4 is 5.48 Å². The smallest absolute Gasteiger partial charge is 0.102 e. The van der Waals surface area contributed by atoms with Gasteiger partial charge in [0.2, 0.25) is 0 Å². The summed E-state index contributed by atoms with van der Waals surface area (Å²) in [5, 5.41) is 10.3. The van der Waals surface area contributed by atoms with E-state index < -0.39 is 6.10 Å². The molecule has 1 saturated heterocycles. The monoisotopic (exact) mass is 356 g/mol. The summed E-state index contributed by atoms with van der Waals surface area (Å²) in [7, 11) is 0. The maximum absolute atomic E-state index is 10.3. The van der Waals surface area contributed by atoms with Crippen molar-refractivity contribution in [3.63, 3.8) is 0 Å². The quantitative estimate of drug-likeness (QED) is 0.728. The number of aliphatic hydroxyl groups is 1. The Hall–Kier alpha value is -1.62. The zero-order chi connectivity index (χ0) is 18.0. The number of aliphatic hydroxyl groups excluding tert-OH is 1. The van der Waals surface area contributed by atoms with Gasteiger partial charge in [-0.1, -0.05) is 49.2 Å². The molecule has 0 aromatic heterocycles. The van der Waals surface area contributed by atoms with Crippen molar-refractivity contribution in [3.05, 3.63) is 53.2 Å². The molecule has 0 radical (unpaired) electrons. The molecule has 0 spiro atoms. The van der Waals surface area contributed by atoms with Crippen LogP contribution in [0.2, 0.25) is 0 Å². The van der Waals surface area contributed by atoms with Gasteiger partial charge in [0, 0.05) is 6.54 Å². The zero-order valence-electron chi connectivity index (χ0n) is 15.7. The van der Waals surface area contributed by atoms with Crippen molar-refractivity contribution >= 4 is 6.08 Å². The van der Waals surface area contributed by atoms with Gasteiger partial charge < -0.3 is 10.0 Å². The van der Waals surface area contributed by atoms with Gasteiger partial charge in [0.25, 0.3) is 0 Å². The summed E-state index contributed by atoms with van der Waals surface area (Å²) in [6.07, 6.45) is 12.4. The Morgan fingerprint density at radius 1 is 1.08 bits per heavy atom. The van der Waals surface area contributed by atoms with Crippen LogP contribution in [0.5, 0.6) is 0 Å². The molecule has 26 heavy (non-hydrogen) atoms. The highest BCUT2D eigenvalue weighted by atomic mass is 16.6. The van der Waals surface area contributed by atoms with E-state index in [1.165, 1.54) is 43.2 Å². The van der Waals surface area contributed by atoms with Crippen molar-refractivity contribution in [1.29, 1.82) is 0 Å². The summed E-state index contributed by atoms with van der Waals surface area (Å²) in [6, 6.07) is 10.4. The Bertz CT molecular complexity index is 589. The van der Waals surface area contributed by atoms with Gasteiger partial charge in [-0.05, 0) is 62.4 Å². The van der Waals surface area contributed by atoms with E-state index in [0.29, 0.717) is 13.2 Å². The number of rotatable bonds is 7. The molecule has 2 aliphatic rings. The summed E-state index contributed by atoms with van der Waals surface area (Å²) in [5.41, 5.74) is 6.61. The number of likely N-dealkylation sites (tertiary alicyclic amines) is 1. The van der Waals surface area contributed by atoms with Gasteiger partial charge in [-0.3, -0.25) is 10.3 Å². The van der Waals surface area contributed by atoms with Gasteiger partial charge in [0.05, 0.1) is 11.8 Å². The summed E-state index contributed by atoms with van der Waals surface area (Å²) < 4.78 is 0. The zero-order valence-corrected chi connectivity index (χ0v) is 15.7. The maximum atomic E-state index is 10.3. The van der Waals surface area contributed by atoms with E-state index >= 15 is 0 Å². The van der Waals surface area contributed by atoms with Crippen molar-refractivity contribution in [2.24, 2.45) is 0 Å². The number of benzene rings is 1. The Morgan fingerprint density at radius 3 is 2.62 bits per heavy atom. The molecule has 1 aromatic rings. The first-order valence-corrected chi connectivity index (χ1v) is 10.1. The van der Waals surface area contributed by atoms with Crippen molar-refractivity contribution < 1.29 is 9.94 Å². The van der Waals surface area contributed by atoms with E-state index in [4.69, 9.17) is 4.84 Å². The highest BCUT2D eigenvalue weighted by Crippen LogP contribution is 2.24. The average molecular weight is 357 g/mol. The molecule has 1 fully saturated rings. The number of hydroxylamine groups is 1. The molecule has 0 amide bonds. The first-order valence-electron chi connectivity index (χ1n) is 10.1. The van der Waals surface area contributed by atoms with Gasteiger partial charge in [0.1, 0.15) is 6.61 Å². The Labute approximate surface area is 157 Å². The van der Waals surface area contributed by atoms with Crippen molar-refractivity contribution in [1.82, 2.24) is 10.4 Å². The highest BCUT2D eigenvalue weighted by molar-refractivity contribution is 5.58. The van der Waals surface area contributed by atoms with Crippen LogP contribution in [0, 0.1) is 0 Å². The minimum Gasteiger partial charge on any atom is -0.389 e. The number of β-amino-alcohol motifs (C(OH)–C–C–N with tert-alkyl or cyclic N) is 1. The van der Waals surface area contributed by atoms with Crippen LogP contribution in [0.1, 0.15) is 50.5 Å².